The van der Waals surface area contributed by atoms with Crippen LogP contribution in [0.25, 0.3) is 0 Å². The Balaban J connectivity index is 1.89. The maximum absolute atomic E-state index is 10.0. The third-order valence-corrected chi connectivity index (χ3v) is 3.44. The lowest BCUT2D eigenvalue weighted by Gasteiger charge is -2.22. The van der Waals surface area contributed by atoms with Crippen molar-refractivity contribution in [1.82, 2.24) is 10.3 Å². The number of furan rings is 1. The van der Waals surface area contributed by atoms with Gasteiger partial charge in [0.15, 0.2) is 0 Å². The lowest BCUT2D eigenvalue weighted by atomic mass is 10.1. The topological polar surface area (TPSA) is 58.3 Å². The van der Waals surface area contributed by atoms with Gasteiger partial charge in [-0.2, -0.15) is 0 Å². The number of hydrogen-bond donors (Lipinski definition) is 2. The van der Waals surface area contributed by atoms with Gasteiger partial charge in [-0.3, -0.25) is 0 Å². The van der Waals surface area contributed by atoms with Gasteiger partial charge in [0.25, 0.3) is 0 Å². The van der Waals surface area contributed by atoms with Gasteiger partial charge in [-0.05, 0) is 50.1 Å². The highest BCUT2D eigenvalue weighted by molar-refractivity contribution is 6.29. The van der Waals surface area contributed by atoms with Crippen molar-refractivity contribution in [2.24, 2.45) is 0 Å². The predicted octanol–water partition coefficient (Wildman–Crippen LogP) is 3.49. The number of aromatic nitrogens is 1. The summed E-state index contributed by atoms with van der Waals surface area (Å²) in [5.41, 5.74) is 1.07. The summed E-state index contributed by atoms with van der Waals surface area (Å²) < 4.78 is 5.20. The van der Waals surface area contributed by atoms with Crippen molar-refractivity contribution in [3.05, 3.63) is 53.2 Å². The minimum absolute atomic E-state index is 0.134. The van der Waals surface area contributed by atoms with Gasteiger partial charge in [0.2, 0.25) is 0 Å². The summed E-state index contributed by atoms with van der Waals surface area (Å²) in [4.78, 5) is 3.97. The highest BCUT2D eigenvalue weighted by Crippen LogP contribution is 2.21. The van der Waals surface area contributed by atoms with Crippen molar-refractivity contribution in [3.8, 4) is 0 Å². The molecule has 0 fully saturated rings. The molecule has 0 aliphatic rings. The zero-order valence-corrected chi connectivity index (χ0v) is 12.3. The average molecular weight is 295 g/mol. The Morgan fingerprint density at radius 2 is 2.20 bits per heavy atom. The Hall–Kier alpha value is -1.36. The molecule has 0 spiro atoms. The van der Waals surface area contributed by atoms with Crippen LogP contribution in [0, 0.1) is 0 Å². The molecule has 2 heterocycles. The second-order valence-corrected chi connectivity index (χ2v) is 5.36. The predicted molar refractivity (Wildman–Crippen MR) is 78.5 cm³/mol. The monoisotopic (exact) mass is 294 g/mol. The normalized spacial score (nSPS) is 15.8. The highest BCUT2D eigenvalue weighted by Gasteiger charge is 2.16. The summed E-state index contributed by atoms with van der Waals surface area (Å²) in [6.45, 7) is 4.09. The molecule has 0 radical (unpaired) electrons. The molecule has 3 unspecified atom stereocenters. The van der Waals surface area contributed by atoms with Crippen molar-refractivity contribution >= 4 is 11.6 Å². The first-order valence-electron chi connectivity index (χ1n) is 6.65. The maximum Gasteiger partial charge on any atom is 0.132 e. The van der Waals surface area contributed by atoms with E-state index in [1.54, 1.807) is 24.6 Å². The van der Waals surface area contributed by atoms with E-state index in [9.17, 15) is 5.11 Å². The first-order chi connectivity index (χ1) is 9.56. The third-order valence-electron chi connectivity index (χ3n) is 3.23. The molecule has 3 atom stereocenters. The van der Waals surface area contributed by atoms with Crippen molar-refractivity contribution in [1.29, 1.82) is 0 Å². The van der Waals surface area contributed by atoms with Crippen molar-refractivity contribution in [2.75, 3.05) is 0 Å². The average Bonchev–Trinajstić information content (AvgIpc) is 2.92. The van der Waals surface area contributed by atoms with Crippen LogP contribution in [0.1, 0.15) is 43.7 Å². The Labute approximate surface area is 123 Å². The molecular formula is C15H19ClN2O2. The molecule has 2 aromatic rings. The SMILES string of the molecule is CC(CC(O)c1ccco1)NC(C)c1ccnc(Cl)c1. The second kappa shape index (κ2) is 6.88. The van der Waals surface area contributed by atoms with Crippen LogP contribution in [0.3, 0.4) is 0 Å². The molecular weight excluding hydrogens is 276 g/mol. The molecule has 2 N–H and O–H groups in total. The van der Waals surface area contributed by atoms with Gasteiger partial charge >= 0.3 is 0 Å². The van der Waals surface area contributed by atoms with E-state index in [1.165, 1.54) is 0 Å². The maximum atomic E-state index is 10.0. The van der Waals surface area contributed by atoms with Crippen LogP contribution in [0.5, 0.6) is 0 Å². The van der Waals surface area contributed by atoms with Crippen LogP contribution in [0.15, 0.2) is 41.1 Å². The zero-order chi connectivity index (χ0) is 14.5. The van der Waals surface area contributed by atoms with E-state index in [4.69, 9.17) is 16.0 Å². The molecule has 0 saturated carbocycles. The quantitative estimate of drug-likeness (QED) is 0.801. The summed E-state index contributed by atoms with van der Waals surface area (Å²) in [7, 11) is 0. The van der Waals surface area contributed by atoms with Crippen LogP contribution in [-0.4, -0.2) is 16.1 Å². The first kappa shape index (κ1) is 15.0. The Bertz CT molecular complexity index is 530. The van der Waals surface area contributed by atoms with Gasteiger partial charge in [-0.1, -0.05) is 11.6 Å². The number of aliphatic hydroxyl groups is 1. The van der Waals surface area contributed by atoms with Gasteiger partial charge in [0.05, 0.1) is 6.26 Å². The van der Waals surface area contributed by atoms with Crippen molar-refractivity contribution < 1.29 is 9.52 Å². The summed E-state index contributed by atoms with van der Waals surface area (Å²) in [5.74, 6) is 0.596. The fourth-order valence-electron chi connectivity index (χ4n) is 2.21. The molecule has 0 aliphatic heterocycles. The molecule has 0 saturated heterocycles. The second-order valence-electron chi connectivity index (χ2n) is 4.97. The lowest BCUT2D eigenvalue weighted by molar-refractivity contribution is 0.127. The number of rotatable bonds is 6. The number of pyridine rings is 1. The van der Waals surface area contributed by atoms with E-state index in [2.05, 4.69) is 17.2 Å². The van der Waals surface area contributed by atoms with Gasteiger partial charge < -0.3 is 14.8 Å². The van der Waals surface area contributed by atoms with Gasteiger partial charge in [-0.25, -0.2) is 4.98 Å². The fraction of sp³-hybridized carbons (Fsp3) is 0.400. The Morgan fingerprint density at radius 3 is 2.85 bits per heavy atom. The molecule has 0 bridgehead atoms. The number of hydrogen-bond acceptors (Lipinski definition) is 4. The number of nitrogens with one attached hydrogen (secondary N) is 1. The molecule has 0 aliphatic carbocycles. The van der Waals surface area contributed by atoms with Gasteiger partial charge in [-0.15, -0.1) is 0 Å². The van der Waals surface area contributed by atoms with Crippen LogP contribution < -0.4 is 5.32 Å². The van der Waals surface area contributed by atoms with E-state index in [-0.39, 0.29) is 12.1 Å². The first-order valence-corrected chi connectivity index (χ1v) is 7.03. The number of aliphatic hydroxyl groups excluding tert-OH is 1. The Kier molecular flexibility index (Phi) is 5.17. The van der Waals surface area contributed by atoms with Crippen molar-refractivity contribution in [3.63, 3.8) is 0 Å². The smallest absolute Gasteiger partial charge is 0.132 e. The number of nitrogens with zero attached hydrogens (tertiary/aromatic N) is 1. The van der Waals surface area contributed by atoms with Crippen molar-refractivity contribution in [2.45, 2.75) is 38.5 Å². The van der Waals surface area contributed by atoms with Crippen LogP contribution in [-0.2, 0) is 0 Å². The third kappa shape index (κ3) is 4.07. The summed E-state index contributed by atoms with van der Waals surface area (Å²) >= 11 is 5.89. The molecule has 108 valence electrons. The van der Waals surface area contributed by atoms with E-state index in [1.807, 2.05) is 19.1 Å². The van der Waals surface area contributed by atoms with Gasteiger partial charge in [0.1, 0.15) is 17.0 Å². The zero-order valence-electron chi connectivity index (χ0n) is 11.6. The van der Waals surface area contributed by atoms with E-state index in [0.29, 0.717) is 17.3 Å². The van der Waals surface area contributed by atoms with Gasteiger partial charge in [0, 0.05) is 18.3 Å². The number of halogens is 1. The molecule has 20 heavy (non-hydrogen) atoms. The molecule has 2 rings (SSSR count). The van der Waals surface area contributed by atoms with E-state index >= 15 is 0 Å². The summed E-state index contributed by atoms with van der Waals surface area (Å²) in [6, 6.07) is 7.60. The molecule has 5 heteroatoms. The molecule has 0 aromatic carbocycles. The minimum atomic E-state index is -0.597. The molecule has 4 nitrogen and oxygen atoms in total. The Morgan fingerprint density at radius 1 is 1.40 bits per heavy atom. The molecule has 2 aromatic heterocycles. The van der Waals surface area contributed by atoms with Crippen LogP contribution in [0.4, 0.5) is 0 Å². The lowest BCUT2D eigenvalue weighted by Crippen LogP contribution is -2.30. The van der Waals surface area contributed by atoms with E-state index in [0.717, 1.165) is 5.56 Å². The standard InChI is InChI=1S/C15H19ClN2O2/c1-10(8-13(19)14-4-3-7-20-14)18-11(2)12-5-6-17-15(16)9-12/h3-7,9-11,13,18-19H,8H2,1-2H3. The minimum Gasteiger partial charge on any atom is -0.467 e. The molecule has 0 amide bonds. The fourth-order valence-corrected chi connectivity index (χ4v) is 2.39. The van der Waals surface area contributed by atoms with Crippen LogP contribution in [0.2, 0.25) is 5.15 Å². The summed E-state index contributed by atoms with van der Waals surface area (Å²) in [5, 5.41) is 14.0. The van der Waals surface area contributed by atoms with E-state index < -0.39 is 6.10 Å². The highest BCUT2D eigenvalue weighted by atomic mass is 35.5. The largest absolute Gasteiger partial charge is 0.467 e. The van der Waals surface area contributed by atoms with Crippen LogP contribution >= 0.6 is 11.6 Å². The summed E-state index contributed by atoms with van der Waals surface area (Å²) in [6.07, 6.45) is 3.24.